The van der Waals surface area contributed by atoms with Crippen LogP contribution in [-0.2, 0) is 6.42 Å². The van der Waals surface area contributed by atoms with Crippen molar-refractivity contribution in [3.8, 4) is 5.75 Å². The van der Waals surface area contributed by atoms with E-state index in [0.29, 0.717) is 0 Å². The molecule has 0 radical (unpaired) electrons. The quantitative estimate of drug-likeness (QED) is 0.891. The summed E-state index contributed by atoms with van der Waals surface area (Å²) in [5.41, 5.74) is 1.10. The maximum Gasteiger partial charge on any atom is 0.356 e. The third-order valence-corrected chi connectivity index (χ3v) is 3.24. The average Bonchev–Trinajstić information content (AvgIpc) is 2.71. The molecule has 1 N–H and O–H groups in total. The van der Waals surface area contributed by atoms with Gasteiger partial charge < -0.3 is 9.84 Å². The molecule has 0 aliphatic rings. The Bertz CT molecular complexity index is 547. The summed E-state index contributed by atoms with van der Waals surface area (Å²) < 4.78 is 9.99. The molecule has 0 aliphatic carbocycles. The van der Waals surface area contributed by atoms with Crippen molar-refractivity contribution in [2.45, 2.75) is 13.3 Å². The second-order valence-corrected chi connectivity index (χ2v) is 4.15. The number of aryl methyl sites for hydroxylation is 1. The molecule has 16 heavy (non-hydrogen) atoms. The fourth-order valence-corrected chi connectivity index (χ4v) is 2.52. The zero-order valence-corrected chi connectivity index (χ0v) is 9.80. The van der Waals surface area contributed by atoms with Crippen LogP contribution < -0.4 is 4.74 Å². The van der Waals surface area contributed by atoms with Gasteiger partial charge in [-0.05, 0) is 35.6 Å². The number of fused-ring (bicyclic) bond motifs is 1. The van der Waals surface area contributed by atoms with Crippen molar-refractivity contribution in [3.63, 3.8) is 0 Å². The molecular weight excluding hydrogens is 226 g/mol. The minimum Gasteiger partial charge on any atom is -0.497 e. The molecule has 0 saturated heterocycles. The van der Waals surface area contributed by atoms with Gasteiger partial charge in [-0.2, -0.15) is 4.37 Å². The normalized spacial score (nSPS) is 10.6. The zero-order valence-electron chi connectivity index (χ0n) is 8.98. The SMILES string of the molecule is CCc1cc(OC)cc2snc(C(=O)O)c12. The first-order valence-electron chi connectivity index (χ1n) is 4.87. The van der Waals surface area contributed by atoms with E-state index >= 15 is 0 Å². The van der Waals surface area contributed by atoms with Crippen LogP contribution in [0.3, 0.4) is 0 Å². The number of carboxylic acid groups (broad SMARTS) is 1. The van der Waals surface area contributed by atoms with Crippen LogP contribution in [0.2, 0.25) is 0 Å². The molecule has 2 aromatic rings. The minimum absolute atomic E-state index is 0.138. The van der Waals surface area contributed by atoms with E-state index in [0.717, 1.165) is 27.8 Å². The summed E-state index contributed by atoms with van der Waals surface area (Å²) in [5.74, 6) is -0.240. The monoisotopic (exact) mass is 237 g/mol. The summed E-state index contributed by atoms with van der Waals surface area (Å²) in [7, 11) is 1.60. The predicted molar refractivity (Wildman–Crippen MR) is 62.5 cm³/mol. The van der Waals surface area contributed by atoms with E-state index in [4.69, 9.17) is 9.84 Å². The molecule has 84 valence electrons. The number of aromatic nitrogens is 1. The number of nitrogens with zero attached hydrogens (tertiary/aromatic N) is 1. The van der Waals surface area contributed by atoms with Gasteiger partial charge in [-0.25, -0.2) is 4.79 Å². The molecule has 0 aliphatic heterocycles. The van der Waals surface area contributed by atoms with Crippen molar-refractivity contribution < 1.29 is 14.6 Å². The van der Waals surface area contributed by atoms with Crippen LogP contribution in [0.4, 0.5) is 0 Å². The molecule has 1 aromatic heterocycles. The molecule has 0 amide bonds. The van der Waals surface area contributed by atoms with Crippen molar-refractivity contribution in [1.29, 1.82) is 0 Å². The third-order valence-electron chi connectivity index (χ3n) is 2.45. The maximum atomic E-state index is 11.0. The molecule has 1 heterocycles. The third kappa shape index (κ3) is 1.63. The number of hydrogen-bond acceptors (Lipinski definition) is 4. The van der Waals surface area contributed by atoms with Gasteiger partial charge in [-0.3, -0.25) is 0 Å². The number of methoxy groups -OCH3 is 1. The lowest BCUT2D eigenvalue weighted by molar-refractivity contribution is 0.0694. The van der Waals surface area contributed by atoms with E-state index in [1.165, 1.54) is 11.5 Å². The Morgan fingerprint density at radius 1 is 1.56 bits per heavy atom. The molecule has 0 unspecified atom stereocenters. The molecule has 5 heteroatoms. The van der Waals surface area contributed by atoms with Gasteiger partial charge in [0.2, 0.25) is 0 Å². The van der Waals surface area contributed by atoms with E-state index in [-0.39, 0.29) is 5.69 Å². The van der Waals surface area contributed by atoms with Gasteiger partial charge in [-0.1, -0.05) is 6.92 Å². The van der Waals surface area contributed by atoms with E-state index in [1.54, 1.807) is 7.11 Å². The van der Waals surface area contributed by atoms with E-state index < -0.39 is 5.97 Å². The minimum atomic E-state index is -0.980. The van der Waals surface area contributed by atoms with Crippen molar-refractivity contribution in [1.82, 2.24) is 4.37 Å². The van der Waals surface area contributed by atoms with Gasteiger partial charge in [-0.15, -0.1) is 0 Å². The second kappa shape index (κ2) is 4.09. The van der Waals surface area contributed by atoms with E-state index in [1.807, 2.05) is 19.1 Å². The Kier molecular flexibility index (Phi) is 2.78. The average molecular weight is 237 g/mol. The highest BCUT2D eigenvalue weighted by Gasteiger charge is 2.16. The fraction of sp³-hybridized carbons (Fsp3) is 0.273. The van der Waals surface area contributed by atoms with Gasteiger partial charge in [0.1, 0.15) is 5.75 Å². The Hall–Kier alpha value is -1.62. The summed E-state index contributed by atoms with van der Waals surface area (Å²) in [4.78, 5) is 11.0. The lowest BCUT2D eigenvalue weighted by Gasteiger charge is -2.04. The fourth-order valence-electron chi connectivity index (χ4n) is 1.67. The first-order chi connectivity index (χ1) is 7.67. The smallest absolute Gasteiger partial charge is 0.356 e. The summed E-state index contributed by atoms with van der Waals surface area (Å²) >= 11 is 1.19. The first-order valence-corrected chi connectivity index (χ1v) is 5.64. The largest absolute Gasteiger partial charge is 0.497 e. The van der Waals surface area contributed by atoms with E-state index in [9.17, 15) is 4.79 Å². The zero-order chi connectivity index (χ0) is 11.7. The van der Waals surface area contributed by atoms with Crippen LogP contribution in [0.15, 0.2) is 12.1 Å². The van der Waals surface area contributed by atoms with Crippen molar-refractivity contribution >= 4 is 27.6 Å². The number of benzene rings is 1. The number of carboxylic acids is 1. The number of rotatable bonds is 3. The maximum absolute atomic E-state index is 11.0. The van der Waals surface area contributed by atoms with Crippen molar-refractivity contribution in [3.05, 3.63) is 23.4 Å². The van der Waals surface area contributed by atoms with Crippen LogP contribution in [-0.4, -0.2) is 22.6 Å². The van der Waals surface area contributed by atoms with E-state index in [2.05, 4.69) is 4.37 Å². The summed E-state index contributed by atoms with van der Waals surface area (Å²) in [6.45, 7) is 1.98. The Morgan fingerprint density at radius 3 is 2.88 bits per heavy atom. The molecule has 1 aromatic carbocycles. The molecule has 0 saturated carbocycles. The van der Waals surface area contributed by atoms with Gasteiger partial charge in [0.25, 0.3) is 0 Å². The summed E-state index contributed by atoms with van der Waals surface area (Å²) in [6.07, 6.45) is 0.756. The number of ether oxygens (including phenoxy) is 1. The van der Waals surface area contributed by atoms with Crippen molar-refractivity contribution in [2.24, 2.45) is 0 Å². The van der Waals surface area contributed by atoms with Gasteiger partial charge in [0.15, 0.2) is 5.69 Å². The lowest BCUT2D eigenvalue weighted by atomic mass is 10.1. The van der Waals surface area contributed by atoms with Gasteiger partial charge in [0, 0.05) is 5.39 Å². The second-order valence-electron chi connectivity index (χ2n) is 3.35. The van der Waals surface area contributed by atoms with Crippen molar-refractivity contribution in [2.75, 3.05) is 7.11 Å². The van der Waals surface area contributed by atoms with Crippen LogP contribution in [0, 0.1) is 0 Å². The van der Waals surface area contributed by atoms with Crippen LogP contribution in [0.5, 0.6) is 5.75 Å². The Balaban J connectivity index is 2.77. The Morgan fingerprint density at radius 2 is 2.31 bits per heavy atom. The molecule has 0 spiro atoms. The van der Waals surface area contributed by atoms with Gasteiger partial charge >= 0.3 is 5.97 Å². The molecular formula is C11H11NO3S. The highest BCUT2D eigenvalue weighted by molar-refractivity contribution is 7.13. The number of carbonyl (C=O) groups is 1. The molecule has 2 rings (SSSR count). The predicted octanol–water partition coefficient (Wildman–Crippen LogP) is 2.57. The Labute approximate surface area is 96.6 Å². The van der Waals surface area contributed by atoms with Crippen LogP contribution >= 0.6 is 11.5 Å². The standard InChI is InChI=1S/C11H11NO3S/c1-3-6-4-7(15-2)5-8-9(6)10(11(13)14)12-16-8/h4-5H,3H2,1-2H3,(H,13,14). The number of aromatic carboxylic acids is 1. The highest BCUT2D eigenvalue weighted by Crippen LogP contribution is 2.31. The summed E-state index contributed by atoms with van der Waals surface area (Å²) in [6, 6.07) is 3.68. The molecule has 4 nitrogen and oxygen atoms in total. The molecule has 0 fully saturated rings. The summed E-state index contributed by atoms with van der Waals surface area (Å²) in [5, 5.41) is 9.77. The van der Waals surface area contributed by atoms with Crippen LogP contribution in [0.25, 0.3) is 10.1 Å². The van der Waals surface area contributed by atoms with Crippen LogP contribution in [0.1, 0.15) is 23.0 Å². The molecule has 0 atom stereocenters. The molecule has 0 bridgehead atoms. The first kappa shape index (κ1) is 10.9. The lowest BCUT2D eigenvalue weighted by Crippen LogP contribution is -1.98. The topological polar surface area (TPSA) is 59.4 Å². The number of hydrogen-bond donors (Lipinski definition) is 1. The highest BCUT2D eigenvalue weighted by atomic mass is 32.1. The van der Waals surface area contributed by atoms with Gasteiger partial charge in [0.05, 0.1) is 11.8 Å².